The van der Waals surface area contributed by atoms with E-state index in [9.17, 15) is 9.59 Å². The minimum Gasteiger partial charge on any atom is -0.478 e. The Morgan fingerprint density at radius 3 is 2.86 bits per heavy atom. The molecule has 0 atom stereocenters. The van der Waals surface area contributed by atoms with E-state index < -0.39 is 5.97 Å². The number of rotatable bonds is 5. The summed E-state index contributed by atoms with van der Waals surface area (Å²) < 4.78 is 0. The second kappa shape index (κ2) is 7.83. The summed E-state index contributed by atoms with van der Waals surface area (Å²) in [6.07, 6.45) is 5.13. The molecule has 1 aromatic heterocycles. The van der Waals surface area contributed by atoms with Gasteiger partial charge in [0.05, 0.1) is 5.69 Å². The zero-order valence-corrected chi connectivity index (χ0v) is 12.4. The molecule has 1 amide bonds. The first-order chi connectivity index (χ1) is 10.1. The zero-order valence-electron chi connectivity index (χ0n) is 11.6. The molecule has 0 bridgehead atoms. The SMILES string of the molecule is O=C(O)/C=C/c1cccc(NC(=O)CC2CCSCC2)n1. The average Bonchev–Trinajstić information content (AvgIpc) is 2.46. The van der Waals surface area contributed by atoms with Gasteiger partial charge >= 0.3 is 5.97 Å². The van der Waals surface area contributed by atoms with Crippen molar-refractivity contribution in [2.24, 2.45) is 5.92 Å². The van der Waals surface area contributed by atoms with Crippen LogP contribution >= 0.6 is 11.8 Å². The summed E-state index contributed by atoms with van der Waals surface area (Å²) in [5.41, 5.74) is 0.504. The molecule has 1 aliphatic rings. The summed E-state index contributed by atoms with van der Waals surface area (Å²) in [6.45, 7) is 0. The largest absolute Gasteiger partial charge is 0.478 e. The predicted octanol–water partition coefficient (Wildman–Crippen LogP) is 2.65. The van der Waals surface area contributed by atoms with E-state index in [1.807, 2.05) is 11.8 Å². The van der Waals surface area contributed by atoms with E-state index in [-0.39, 0.29) is 5.91 Å². The quantitative estimate of drug-likeness (QED) is 0.818. The van der Waals surface area contributed by atoms with Crippen molar-refractivity contribution in [2.75, 3.05) is 16.8 Å². The zero-order chi connectivity index (χ0) is 15.1. The molecule has 21 heavy (non-hydrogen) atoms. The third-order valence-electron chi connectivity index (χ3n) is 3.25. The number of carboxylic acid groups (broad SMARTS) is 1. The number of anilines is 1. The van der Waals surface area contributed by atoms with E-state index in [4.69, 9.17) is 5.11 Å². The minimum absolute atomic E-state index is 0.0289. The van der Waals surface area contributed by atoms with Gasteiger partial charge in [0.2, 0.25) is 5.91 Å². The number of aromatic nitrogens is 1. The lowest BCUT2D eigenvalue weighted by Crippen LogP contribution is -2.20. The molecule has 2 rings (SSSR count). The van der Waals surface area contributed by atoms with Crippen LogP contribution in [0, 0.1) is 5.92 Å². The summed E-state index contributed by atoms with van der Waals surface area (Å²) >= 11 is 1.94. The van der Waals surface area contributed by atoms with Crippen LogP contribution < -0.4 is 5.32 Å². The second-order valence-electron chi connectivity index (χ2n) is 4.93. The minimum atomic E-state index is -1.03. The van der Waals surface area contributed by atoms with Crippen molar-refractivity contribution in [1.82, 2.24) is 4.98 Å². The number of nitrogens with one attached hydrogen (secondary N) is 1. The number of nitrogens with zero attached hydrogens (tertiary/aromatic N) is 1. The van der Waals surface area contributed by atoms with E-state index in [0.29, 0.717) is 23.9 Å². The van der Waals surface area contributed by atoms with E-state index in [2.05, 4.69) is 10.3 Å². The number of pyridine rings is 1. The molecule has 6 heteroatoms. The van der Waals surface area contributed by atoms with Crippen molar-refractivity contribution in [2.45, 2.75) is 19.3 Å². The number of carbonyl (C=O) groups is 2. The van der Waals surface area contributed by atoms with Crippen LogP contribution in [0.1, 0.15) is 25.0 Å². The van der Waals surface area contributed by atoms with Crippen molar-refractivity contribution in [1.29, 1.82) is 0 Å². The molecular weight excluding hydrogens is 288 g/mol. The van der Waals surface area contributed by atoms with Gasteiger partial charge in [-0.2, -0.15) is 11.8 Å². The number of carboxylic acids is 1. The molecule has 2 heterocycles. The number of hydrogen-bond acceptors (Lipinski definition) is 4. The first-order valence-electron chi connectivity index (χ1n) is 6.89. The van der Waals surface area contributed by atoms with Crippen LogP contribution in [0.25, 0.3) is 6.08 Å². The standard InChI is InChI=1S/C15H18N2O3S/c18-14(10-11-6-8-21-9-7-11)17-13-3-1-2-12(16-13)4-5-15(19)20/h1-5,11H,6-10H2,(H,19,20)(H,16,17,18)/b5-4+. The van der Waals surface area contributed by atoms with Gasteiger partial charge in [0.1, 0.15) is 5.82 Å². The maximum Gasteiger partial charge on any atom is 0.328 e. The summed E-state index contributed by atoms with van der Waals surface area (Å²) in [7, 11) is 0. The summed E-state index contributed by atoms with van der Waals surface area (Å²) in [5.74, 6) is 2.12. The Balaban J connectivity index is 1.90. The lowest BCUT2D eigenvalue weighted by Gasteiger charge is -2.20. The molecule has 5 nitrogen and oxygen atoms in total. The highest BCUT2D eigenvalue weighted by molar-refractivity contribution is 7.99. The van der Waals surface area contributed by atoms with Crippen LogP contribution in [-0.4, -0.2) is 33.5 Å². The van der Waals surface area contributed by atoms with Gasteiger partial charge < -0.3 is 10.4 Å². The highest BCUT2D eigenvalue weighted by atomic mass is 32.2. The van der Waals surface area contributed by atoms with Gasteiger partial charge in [-0.05, 0) is 48.5 Å². The van der Waals surface area contributed by atoms with Gasteiger partial charge in [-0.15, -0.1) is 0 Å². The van der Waals surface area contributed by atoms with E-state index >= 15 is 0 Å². The van der Waals surface area contributed by atoms with Crippen LogP contribution in [-0.2, 0) is 9.59 Å². The monoisotopic (exact) mass is 306 g/mol. The van der Waals surface area contributed by atoms with Crippen molar-refractivity contribution in [3.05, 3.63) is 30.0 Å². The fourth-order valence-electron chi connectivity index (χ4n) is 2.18. The topological polar surface area (TPSA) is 79.3 Å². The van der Waals surface area contributed by atoms with Crippen LogP contribution in [0.4, 0.5) is 5.82 Å². The van der Waals surface area contributed by atoms with Crippen molar-refractivity contribution in [3.8, 4) is 0 Å². The van der Waals surface area contributed by atoms with E-state index in [1.165, 1.54) is 6.08 Å². The summed E-state index contributed by atoms with van der Waals surface area (Å²) in [4.78, 5) is 26.7. The maximum absolute atomic E-state index is 12.0. The van der Waals surface area contributed by atoms with Crippen LogP contribution in [0.5, 0.6) is 0 Å². The molecular formula is C15H18N2O3S. The van der Waals surface area contributed by atoms with Gasteiger partial charge in [-0.3, -0.25) is 4.79 Å². The van der Waals surface area contributed by atoms with Crippen molar-refractivity contribution < 1.29 is 14.7 Å². The van der Waals surface area contributed by atoms with E-state index in [0.717, 1.165) is 30.4 Å². The molecule has 2 N–H and O–H groups in total. The molecule has 0 aromatic carbocycles. The Hall–Kier alpha value is -1.82. The summed E-state index contributed by atoms with van der Waals surface area (Å²) in [5, 5.41) is 11.4. The van der Waals surface area contributed by atoms with Crippen LogP contribution in [0.3, 0.4) is 0 Å². The highest BCUT2D eigenvalue weighted by Gasteiger charge is 2.17. The Labute approximate surface area is 127 Å². The molecule has 1 saturated heterocycles. The molecule has 0 aliphatic carbocycles. The van der Waals surface area contributed by atoms with Gasteiger partial charge in [-0.1, -0.05) is 6.07 Å². The number of hydrogen-bond donors (Lipinski definition) is 2. The number of aliphatic carboxylic acids is 1. The Bertz CT molecular complexity index is 539. The predicted molar refractivity (Wildman–Crippen MR) is 84.2 cm³/mol. The number of amides is 1. The van der Waals surface area contributed by atoms with Gasteiger partial charge in [-0.25, -0.2) is 9.78 Å². The second-order valence-corrected chi connectivity index (χ2v) is 6.15. The van der Waals surface area contributed by atoms with Gasteiger partial charge in [0.15, 0.2) is 0 Å². The molecule has 0 saturated carbocycles. The maximum atomic E-state index is 12.0. The molecule has 0 unspecified atom stereocenters. The van der Waals surface area contributed by atoms with Crippen molar-refractivity contribution in [3.63, 3.8) is 0 Å². The third-order valence-corrected chi connectivity index (χ3v) is 4.30. The third kappa shape index (κ3) is 5.59. The smallest absolute Gasteiger partial charge is 0.328 e. The number of carbonyl (C=O) groups excluding carboxylic acids is 1. The fourth-order valence-corrected chi connectivity index (χ4v) is 3.38. The normalized spacial score (nSPS) is 16.0. The summed E-state index contributed by atoms with van der Waals surface area (Å²) in [6, 6.07) is 5.13. The van der Waals surface area contributed by atoms with E-state index in [1.54, 1.807) is 18.2 Å². The van der Waals surface area contributed by atoms with Gasteiger partial charge in [0.25, 0.3) is 0 Å². The molecule has 0 spiro atoms. The Kier molecular flexibility index (Phi) is 5.80. The van der Waals surface area contributed by atoms with Crippen molar-refractivity contribution >= 4 is 35.5 Å². The number of thioether (sulfide) groups is 1. The Morgan fingerprint density at radius 2 is 2.14 bits per heavy atom. The van der Waals surface area contributed by atoms with Gasteiger partial charge in [0, 0.05) is 12.5 Å². The first kappa shape index (κ1) is 15.6. The lowest BCUT2D eigenvalue weighted by atomic mass is 9.98. The highest BCUT2D eigenvalue weighted by Crippen LogP contribution is 2.25. The lowest BCUT2D eigenvalue weighted by molar-refractivity contribution is -0.131. The fraction of sp³-hybridized carbons (Fsp3) is 0.400. The molecule has 1 aromatic rings. The Morgan fingerprint density at radius 1 is 1.38 bits per heavy atom. The average molecular weight is 306 g/mol. The van der Waals surface area contributed by atoms with Crippen LogP contribution in [0.15, 0.2) is 24.3 Å². The molecule has 1 aliphatic heterocycles. The molecule has 0 radical (unpaired) electrons. The molecule has 1 fully saturated rings. The first-order valence-corrected chi connectivity index (χ1v) is 8.04. The van der Waals surface area contributed by atoms with Crippen LogP contribution in [0.2, 0.25) is 0 Å². The molecule has 112 valence electrons.